The smallest absolute Gasteiger partial charge is 0.0970 e. The second-order valence-electron chi connectivity index (χ2n) is 6.16. The summed E-state index contributed by atoms with van der Waals surface area (Å²) in [5.41, 5.74) is 6.66. The van der Waals surface area contributed by atoms with Crippen LogP contribution in [-0.2, 0) is 0 Å². The van der Waals surface area contributed by atoms with Crippen molar-refractivity contribution in [3.05, 3.63) is 84.7 Å². The Hall–Kier alpha value is -3.00. The van der Waals surface area contributed by atoms with Gasteiger partial charge in [0.15, 0.2) is 0 Å². The van der Waals surface area contributed by atoms with E-state index in [1.165, 1.54) is 11.1 Å². The molecule has 2 nitrogen and oxygen atoms in total. The Kier molecular flexibility index (Phi) is 4.02. The predicted molar refractivity (Wildman–Crippen MR) is 107 cm³/mol. The van der Waals surface area contributed by atoms with Gasteiger partial charge in [-0.3, -0.25) is 9.97 Å². The third-order valence-electron chi connectivity index (χ3n) is 4.77. The standard InChI is InChI=1S/C23H20N2/c1-3-16(4-2)18-12-14-24-22-20(18)10-11-21-19(13-15-25-23(21)22)17-8-6-5-7-9-17/h3-4,6,8-15H,1,5,7H2,2H3/b16-4+. The molecule has 1 aliphatic rings. The van der Waals surface area contributed by atoms with Crippen LogP contribution in [0, 0.1) is 0 Å². The lowest BCUT2D eigenvalue weighted by atomic mass is 9.94. The molecule has 3 aromatic rings. The first-order chi connectivity index (χ1) is 12.3. The molecule has 122 valence electrons. The van der Waals surface area contributed by atoms with Crippen LogP contribution in [-0.4, -0.2) is 9.97 Å². The van der Waals surface area contributed by atoms with E-state index < -0.39 is 0 Å². The third kappa shape index (κ3) is 2.60. The predicted octanol–water partition coefficient (Wildman–Crippen LogP) is 6.11. The molecule has 0 saturated heterocycles. The molecular weight excluding hydrogens is 304 g/mol. The van der Waals surface area contributed by atoms with Crippen LogP contribution in [0.1, 0.15) is 30.9 Å². The largest absolute Gasteiger partial charge is 0.254 e. The van der Waals surface area contributed by atoms with Gasteiger partial charge < -0.3 is 0 Å². The second kappa shape index (κ2) is 6.48. The summed E-state index contributed by atoms with van der Waals surface area (Å²) >= 11 is 0. The first-order valence-electron chi connectivity index (χ1n) is 8.66. The number of rotatable bonds is 3. The molecule has 0 spiro atoms. The van der Waals surface area contributed by atoms with E-state index >= 15 is 0 Å². The lowest BCUT2D eigenvalue weighted by Gasteiger charge is -2.13. The molecular formula is C23H20N2. The molecule has 2 heteroatoms. The number of hydrogen-bond donors (Lipinski definition) is 0. The van der Waals surface area contributed by atoms with Crippen molar-refractivity contribution in [2.45, 2.75) is 19.8 Å². The number of fused-ring (bicyclic) bond motifs is 3. The van der Waals surface area contributed by atoms with Gasteiger partial charge in [-0.15, -0.1) is 0 Å². The van der Waals surface area contributed by atoms with Crippen molar-refractivity contribution in [3.8, 4) is 0 Å². The number of nitrogens with zero attached hydrogens (tertiary/aromatic N) is 2. The van der Waals surface area contributed by atoms with Crippen molar-refractivity contribution in [3.63, 3.8) is 0 Å². The zero-order valence-electron chi connectivity index (χ0n) is 14.4. The van der Waals surface area contributed by atoms with Crippen LogP contribution in [0.4, 0.5) is 0 Å². The van der Waals surface area contributed by atoms with Crippen LogP contribution >= 0.6 is 0 Å². The van der Waals surface area contributed by atoms with Gasteiger partial charge >= 0.3 is 0 Å². The summed E-state index contributed by atoms with van der Waals surface area (Å²) in [6.45, 7) is 5.96. The minimum absolute atomic E-state index is 0.943. The van der Waals surface area contributed by atoms with E-state index in [-0.39, 0.29) is 0 Å². The number of aromatic nitrogens is 2. The molecule has 2 aromatic heterocycles. The fraction of sp³-hybridized carbons (Fsp3) is 0.130. The molecule has 0 N–H and O–H groups in total. The second-order valence-corrected chi connectivity index (χ2v) is 6.16. The van der Waals surface area contributed by atoms with E-state index in [0.29, 0.717) is 0 Å². The van der Waals surface area contributed by atoms with E-state index in [1.54, 1.807) is 0 Å². The van der Waals surface area contributed by atoms with E-state index in [0.717, 1.165) is 45.8 Å². The molecule has 25 heavy (non-hydrogen) atoms. The Labute approximate surface area is 147 Å². The Morgan fingerprint density at radius 3 is 2.48 bits per heavy atom. The van der Waals surface area contributed by atoms with Crippen molar-refractivity contribution in [2.75, 3.05) is 0 Å². The average molecular weight is 324 g/mol. The van der Waals surface area contributed by atoms with E-state index in [2.05, 4.69) is 59.1 Å². The van der Waals surface area contributed by atoms with Crippen molar-refractivity contribution < 1.29 is 0 Å². The maximum Gasteiger partial charge on any atom is 0.0970 e. The first kappa shape index (κ1) is 15.5. The van der Waals surface area contributed by atoms with Crippen LogP contribution in [0.5, 0.6) is 0 Å². The Balaban J connectivity index is 2.03. The monoisotopic (exact) mass is 324 g/mol. The topological polar surface area (TPSA) is 25.8 Å². The first-order valence-corrected chi connectivity index (χ1v) is 8.66. The summed E-state index contributed by atoms with van der Waals surface area (Å²) in [5, 5.41) is 2.26. The maximum absolute atomic E-state index is 4.66. The Bertz CT molecular complexity index is 1070. The molecule has 0 unspecified atom stereocenters. The molecule has 0 amide bonds. The summed E-state index contributed by atoms with van der Waals surface area (Å²) in [5.74, 6) is 0. The molecule has 0 bridgehead atoms. The maximum atomic E-state index is 4.66. The zero-order valence-corrected chi connectivity index (χ0v) is 14.4. The summed E-state index contributed by atoms with van der Waals surface area (Å²) in [4.78, 5) is 9.30. The van der Waals surface area contributed by atoms with Crippen LogP contribution in [0.3, 0.4) is 0 Å². The molecule has 2 heterocycles. The van der Waals surface area contributed by atoms with Crippen LogP contribution in [0.15, 0.2) is 73.6 Å². The lowest BCUT2D eigenvalue weighted by Crippen LogP contribution is -1.93. The van der Waals surface area contributed by atoms with Crippen LogP contribution in [0.25, 0.3) is 33.0 Å². The minimum atomic E-state index is 0.943. The molecule has 0 fully saturated rings. The van der Waals surface area contributed by atoms with Crippen molar-refractivity contribution in [2.24, 2.45) is 0 Å². The highest BCUT2D eigenvalue weighted by atomic mass is 14.7. The van der Waals surface area contributed by atoms with Crippen molar-refractivity contribution in [1.29, 1.82) is 0 Å². The highest BCUT2D eigenvalue weighted by Gasteiger charge is 2.12. The highest BCUT2D eigenvalue weighted by molar-refractivity contribution is 6.10. The Morgan fingerprint density at radius 1 is 1.00 bits per heavy atom. The lowest BCUT2D eigenvalue weighted by molar-refractivity contribution is 1.04. The van der Waals surface area contributed by atoms with Gasteiger partial charge in [-0.25, -0.2) is 0 Å². The number of allylic oxidation sites excluding steroid dienone is 7. The van der Waals surface area contributed by atoms with Gasteiger partial charge in [0.05, 0.1) is 11.0 Å². The quantitative estimate of drug-likeness (QED) is 0.429. The molecule has 1 aromatic carbocycles. The number of benzene rings is 1. The normalized spacial score (nSPS) is 14.8. The molecule has 0 aliphatic heterocycles. The Morgan fingerprint density at radius 2 is 1.76 bits per heavy atom. The number of pyridine rings is 2. The minimum Gasteiger partial charge on any atom is -0.254 e. The molecule has 4 rings (SSSR count). The van der Waals surface area contributed by atoms with E-state index in [4.69, 9.17) is 0 Å². The van der Waals surface area contributed by atoms with Gasteiger partial charge in [0.2, 0.25) is 0 Å². The van der Waals surface area contributed by atoms with E-state index in [9.17, 15) is 0 Å². The van der Waals surface area contributed by atoms with Gasteiger partial charge in [-0.1, -0.05) is 49.1 Å². The van der Waals surface area contributed by atoms with Crippen LogP contribution in [0.2, 0.25) is 0 Å². The molecule has 0 atom stereocenters. The van der Waals surface area contributed by atoms with Gasteiger partial charge in [-0.05, 0) is 54.2 Å². The summed E-state index contributed by atoms with van der Waals surface area (Å²) < 4.78 is 0. The number of hydrogen-bond acceptors (Lipinski definition) is 2. The average Bonchev–Trinajstić information content (AvgIpc) is 2.69. The fourth-order valence-corrected chi connectivity index (χ4v) is 3.53. The van der Waals surface area contributed by atoms with Gasteiger partial charge in [0, 0.05) is 23.2 Å². The van der Waals surface area contributed by atoms with E-state index in [1.807, 2.05) is 31.5 Å². The summed E-state index contributed by atoms with van der Waals surface area (Å²) in [7, 11) is 0. The summed E-state index contributed by atoms with van der Waals surface area (Å²) in [6.07, 6.45) is 16.7. The van der Waals surface area contributed by atoms with Crippen molar-refractivity contribution >= 4 is 33.0 Å². The summed E-state index contributed by atoms with van der Waals surface area (Å²) in [6, 6.07) is 8.47. The van der Waals surface area contributed by atoms with Gasteiger partial charge in [0.1, 0.15) is 0 Å². The van der Waals surface area contributed by atoms with Crippen molar-refractivity contribution in [1.82, 2.24) is 9.97 Å². The highest BCUT2D eigenvalue weighted by Crippen LogP contribution is 2.33. The van der Waals surface area contributed by atoms with Crippen LogP contribution < -0.4 is 0 Å². The zero-order chi connectivity index (χ0) is 17.2. The van der Waals surface area contributed by atoms with Gasteiger partial charge in [0.25, 0.3) is 0 Å². The SMILES string of the molecule is C=C/C(=C\C)c1ccnc2c1ccc1c(C3=CCCC=C3)ccnc12. The molecule has 1 aliphatic carbocycles. The third-order valence-corrected chi connectivity index (χ3v) is 4.77. The molecule has 0 radical (unpaired) electrons. The molecule has 0 saturated carbocycles. The fourth-order valence-electron chi connectivity index (χ4n) is 3.53. The van der Waals surface area contributed by atoms with Gasteiger partial charge in [-0.2, -0.15) is 0 Å².